The van der Waals surface area contributed by atoms with E-state index >= 15 is 0 Å². The molecule has 5 nitrogen and oxygen atoms in total. The molecule has 2 aromatic rings. The molecular formula is C19H20ClN3O2. The van der Waals surface area contributed by atoms with E-state index in [4.69, 9.17) is 11.6 Å². The van der Waals surface area contributed by atoms with E-state index in [1.165, 1.54) is 0 Å². The lowest BCUT2D eigenvalue weighted by Crippen LogP contribution is -2.41. The van der Waals surface area contributed by atoms with Crippen molar-refractivity contribution in [2.45, 2.75) is 33.2 Å². The monoisotopic (exact) mass is 357 g/mol. The number of benzene rings is 2. The summed E-state index contributed by atoms with van der Waals surface area (Å²) in [4.78, 5) is 24.6. The van der Waals surface area contributed by atoms with Crippen molar-refractivity contribution in [3.63, 3.8) is 0 Å². The van der Waals surface area contributed by atoms with Crippen LogP contribution in [-0.4, -0.2) is 17.9 Å². The Bertz CT molecular complexity index is 864. The number of amides is 2. The van der Waals surface area contributed by atoms with E-state index in [1.807, 2.05) is 32.9 Å². The van der Waals surface area contributed by atoms with Gasteiger partial charge in [-0.3, -0.25) is 9.59 Å². The molecule has 0 unspecified atom stereocenters. The second-order valence-electron chi connectivity index (χ2n) is 6.33. The van der Waals surface area contributed by atoms with Crippen LogP contribution in [-0.2, 0) is 9.59 Å². The molecule has 0 spiro atoms. The van der Waals surface area contributed by atoms with E-state index in [9.17, 15) is 9.59 Å². The van der Waals surface area contributed by atoms with Crippen LogP contribution in [0, 0.1) is 20.8 Å². The predicted octanol–water partition coefficient (Wildman–Crippen LogP) is 4.03. The third-order valence-corrected chi connectivity index (χ3v) is 4.88. The standard InChI is InChI=1S/C19H20ClN3O2/c1-10-7-15-16(8-11(10)2)23-19(25)17(21-15)9-18(24)22-14-6-4-5-13(20)12(14)3/h4-8,17,21H,9H2,1-3H3,(H,22,24)(H,23,25)/t17-/m0/s1. The van der Waals surface area contributed by atoms with Crippen LogP contribution in [0.15, 0.2) is 30.3 Å². The Morgan fingerprint density at radius 1 is 1.16 bits per heavy atom. The Morgan fingerprint density at radius 3 is 2.56 bits per heavy atom. The number of aryl methyl sites for hydroxylation is 2. The first kappa shape index (κ1) is 17.3. The van der Waals surface area contributed by atoms with Crippen molar-refractivity contribution in [3.05, 3.63) is 52.0 Å². The maximum absolute atomic E-state index is 12.3. The fourth-order valence-electron chi connectivity index (χ4n) is 2.79. The van der Waals surface area contributed by atoms with Gasteiger partial charge in [0.05, 0.1) is 17.8 Å². The molecule has 2 aromatic carbocycles. The molecule has 1 heterocycles. The number of carbonyl (C=O) groups excluding carboxylic acids is 2. The van der Waals surface area contributed by atoms with Crippen molar-refractivity contribution in [1.82, 2.24) is 0 Å². The van der Waals surface area contributed by atoms with Gasteiger partial charge in [0.25, 0.3) is 0 Å². The molecule has 0 aliphatic carbocycles. The number of halogens is 1. The lowest BCUT2D eigenvalue weighted by Gasteiger charge is -2.27. The highest BCUT2D eigenvalue weighted by molar-refractivity contribution is 6.31. The van der Waals surface area contributed by atoms with Crippen LogP contribution in [0.2, 0.25) is 5.02 Å². The van der Waals surface area contributed by atoms with Gasteiger partial charge in [-0.25, -0.2) is 0 Å². The Kier molecular flexibility index (Phi) is 4.68. The fraction of sp³-hybridized carbons (Fsp3) is 0.263. The first-order valence-corrected chi connectivity index (χ1v) is 8.46. The summed E-state index contributed by atoms with van der Waals surface area (Å²) in [5, 5.41) is 9.43. The third-order valence-electron chi connectivity index (χ3n) is 4.47. The highest BCUT2D eigenvalue weighted by Gasteiger charge is 2.28. The van der Waals surface area contributed by atoms with Gasteiger partial charge in [0.15, 0.2) is 0 Å². The Morgan fingerprint density at radius 2 is 1.84 bits per heavy atom. The van der Waals surface area contributed by atoms with Crippen molar-refractivity contribution in [1.29, 1.82) is 0 Å². The van der Waals surface area contributed by atoms with Gasteiger partial charge in [-0.15, -0.1) is 0 Å². The summed E-state index contributed by atoms with van der Waals surface area (Å²) in [6.07, 6.45) is 0.0319. The minimum absolute atomic E-state index is 0.0319. The van der Waals surface area contributed by atoms with E-state index in [2.05, 4.69) is 16.0 Å². The first-order valence-electron chi connectivity index (χ1n) is 8.09. The van der Waals surface area contributed by atoms with E-state index < -0.39 is 6.04 Å². The van der Waals surface area contributed by atoms with Crippen LogP contribution in [0.5, 0.6) is 0 Å². The van der Waals surface area contributed by atoms with Crippen molar-refractivity contribution in [3.8, 4) is 0 Å². The maximum Gasteiger partial charge on any atom is 0.247 e. The molecule has 1 aliphatic rings. The lowest BCUT2D eigenvalue weighted by atomic mass is 10.0. The molecule has 0 saturated carbocycles. The molecule has 3 N–H and O–H groups in total. The second-order valence-corrected chi connectivity index (χ2v) is 6.74. The molecular weight excluding hydrogens is 338 g/mol. The zero-order valence-electron chi connectivity index (χ0n) is 14.4. The minimum atomic E-state index is -0.617. The van der Waals surface area contributed by atoms with Crippen LogP contribution in [0.3, 0.4) is 0 Å². The summed E-state index contributed by atoms with van der Waals surface area (Å²) in [5.74, 6) is -0.459. The van der Waals surface area contributed by atoms with Crippen LogP contribution < -0.4 is 16.0 Å². The summed E-state index contributed by atoms with van der Waals surface area (Å²) in [7, 11) is 0. The van der Waals surface area contributed by atoms with Crippen LogP contribution in [0.1, 0.15) is 23.1 Å². The Labute approximate surface area is 151 Å². The number of hydrogen-bond acceptors (Lipinski definition) is 3. The highest BCUT2D eigenvalue weighted by Crippen LogP contribution is 2.30. The molecule has 1 atom stereocenters. The number of carbonyl (C=O) groups is 2. The normalized spacial score (nSPS) is 15.8. The lowest BCUT2D eigenvalue weighted by molar-refractivity contribution is -0.122. The molecule has 0 fully saturated rings. The number of nitrogens with one attached hydrogen (secondary N) is 3. The quantitative estimate of drug-likeness (QED) is 0.776. The number of fused-ring (bicyclic) bond motifs is 1. The largest absolute Gasteiger partial charge is 0.372 e. The first-order chi connectivity index (χ1) is 11.8. The summed E-state index contributed by atoms with van der Waals surface area (Å²) >= 11 is 6.07. The van der Waals surface area contributed by atoms with Gasteiger partial charge in [0.2, 0.25) is 11.8 Å². The van der Waals surface area contributed by atoms with Crippen molar-refractivity contribution in [2.24, 2.45) is 0 Å². The van der Waals surface area contributed by atoms with Gasteiger partial charge in [0, 0.05) is 10.7 Å². The van der Waals surface area contributed by atoms with Crippen LogP contribution >= 0.6 is 11.6 Å². The molecule has 3 rings (SSSR count). The molecule has 0 radical (unpaired) electrons. The number of hydrogen-bond donors (Lipinski definition) is 3. The summed E-state index contributed by atoms with van der Waals surface area (Å²) < 4.78 is 0. The van der Waals surface area contributed by atoms with Gasteiger partial charge in [-0.2, -0.15) is 0 Å². The van der Waals surface area contributed by atoms with Crippen LogP contribution in [0.4, 0.5) is 17.1 Å². The van der Waals surface area contributed by atoms with Gasteiger partial charge in [-0.1, -0.05) is 17.7 Å². The summed E-state index contributed by atoms with van der Waals surface area (Å²) in [6, 6.07) is 8.63. The van der Waals surface area contributed by atoms with Gasteiger partial charge in [-0.05, 0) is 61.7 Å². The third kappa shape index (κ3) is 3.61. The number of anilines is 3. The van der Waals surface area contributed by atoms with E-state index in [0.29, 0.717) is 10.7 Å². The molecule has 130 valence electrons. The van der Waals surface area contributed by atoms with Gasteiger partial charge < -0.3 is 16.0 Å². The number of rotatable bonds is 3. The predicted molar refractivity (Wildman–Crippen MR) is 101 cm³/mol. The SMILES string of the molecule is Cc1cc2c(cc1C)N[C@@H](CC(=O)Nc1cccc(Cl)c1C)C(=O)N2. The average Bonchev–Trinajstić information content (AvgIpc) is 2.54. The molecule has 2 amide bonds. The summed E-state index contributed by atoms with van der Waals surface area (Å²) in [5.41, 5.74) is 5.26. The topological polar surface area (TPSA) is 70.2 Å². The fourth-order valence-corrected chi connectivity index (χ4v) is 2.96. The van der Waals surface area contributed by atoms with Crippen LogP contribution in [0.25, 0.3) is 0 Å². The highest BCUT2D eigenvalue weighted by atomic mass is 35.5. The molecule has 0 aromatic heterocycles. The Hall–Kier alpha value is -2.53. The maximum atomic E-state index is 12.3. The summed E-state index contributed by atoms with van der Waals surface area (Å²) in [6.45, 7) is 5.84. The van der Waals surface area contributed by atoms with Crippen molar-refractivity contribution in [2.75, 3.05) is 16.0 Å². The van der Waals surface area contributed by atoms with E-state index in [1.54, 1.807) is 18.2 Å². The van der Waals surface area contributed by atoms with Crippen molar-refractivity contribution >= 4 is 40.5 Å². The Balaban J connectivity index is 1.72. The molecule has 0 bridgehead atoms. The molecule has 6 heteroatoms. The van der Waals surface area contributed by atoms with Crippen molar-refractivity contribution < 1.29 is 9.59 Å². The minimum Gasteiger partial charge on any atom is -0.372 e. The zero-order chi connectivity index (χ0) is 18.1. The second kappa shape index (κ2) is 6.76. The van der Waals surface area contributed by atoms with E-state index in [-0.39, 0.29) is 18.2 Å². The zero-order valence-corrected chi connectivity index (χ0v) is 15.1. The molecule has 0 saturated heterocycles. The molecule has 1 aliphatic heterocycles. The van der Waals surface area contributed by atoms with Gasteiger partial charge in [0.1, 0.15) is 6.04 Å². The van der Waals surface area contributed by atoms with Gasteiger partial charge >= 0.3 is 0 Å². The average molecular weight is 358 g/mol. The van der Waals surface area contributed by atoms with E-state index in [0.717, 1.165) is 28.1 Å². The molecule has 25 heavy (non-hydrogen) atoms. The smallest absolute Gasteiger partial charge is 0.247 e.